The summed E-state index contributed by atoms with van der Waals surface area (Å²) >= 11 is 0. The normalized spacial score (nSPS) is 28.1. The molecule has 0 bridgehead atoms. The van der Waals surface area contributed by atoms with Crippen LogP contribution in [0, 0.1) is 5.92 Å². The van der Waals surface area contributed by atoms with Crippen molar-refractivity contribution in [1.82, 2.24) is 4.90 Å². The van der Waals surface area contributed by atoms with E-state index in [1.807, 2.05) is 42.5 Å². The van der Waals surface area contributed by atoms with Crippen LogP contribution in [-0.2, 0) is 21.5 Å². The fraction of sp³-hybridized carbons (Fsp3) is 0.364. The lowest BCUT2D eigenvalue weighted by Crippen LogP contribution is -2.42. The minimum absolute atomic E-state index is 0.0763. The third kappa shape index (κ3) is 2.45. The predicted octanol–water partition coefficient (Wildman–Crippen LogP) is 2.94. The van der Waals surface area contributed by atoms with Gasteiger partial charge in [0.15, 0.2) is 0 Å². The molecule has 1 aliphatic carbocycles. The van der Waals surface area contributed by atoms with Gasteiger partial charge in [0.2, 0.25) is 5.91 Å². The summed E-state index contributed by atoms with van der Waals surface area (Å²) in [6.07, 6.45) is 1.66. The largest absolute Gasteiger partial charge is 0.493 e. The summed E-state index contributed by atoms with van der Waals surface area (Å²) in [5.41, 5.74) is 2.76. The molecule has 0 saturated heterocycles. The lowest BCUT2D eigenvalue weighted by atomic mass is 9.86. The van der Waals surface area contributed by atoms with Crippen LogP contribution in [-0.4, -0.2) is 35.0 Å². The van der Waals surface area contributed by atoms with Crippen LogP contribution in [0.4, 0.5) is 0 Å². The third-order valence-corrected chi connectivity index (χ3v) is 6.41. The van der Waals surface area contributed by atoms with Gasteiger partial charge in [-0.2, -0.15) is 0 Å². The lowest BCUT2D eigenvalue weighted by Gasteiger charge is -2.34. The van der Waals surface area contributed by atoms with Gasteiger partial charge in [0.25, 0.3) is 0 Å². The summed E-state index contributed by atoms with van der Waals surface area (Å²) in [6, 6.07) is 15.5. The number of benzene rings is 2. The van der Waals surface area contributed by atoms with Gasteiger partial charge in [0, 0.05) is 30.0 Å². The lowest BCUT2D eigenvalue weighted by molar-refractivity contribution is -0.141. The summed E-state index contributed by atoms with van der Waals surface area (Å²) in [5, 5.41) is 9.66. The van der Waals surface area contributed by atoms with E-state index in [2.05, 4.69) is 6.07 Å². The molecule has 5 nitrogen and oxygen atoms in total. The number of amides is 1. The van der Waals surface area contributed by atoms with Crippen LogP contribution in [0.1, 0.15) is 35.4 Å². The first kappa shape index (κ1) is 16.4. The van der Waals surface area contributed by atoms with Crippen LogP contribution in [0.3, 0.4) is 0 Å². The van der Waals surface area contributed by atoms with E-state index in [0.29, 0.717) is 13.2 Å². The van der Waals surface area contributed by atoms with Crippen molar-refractivity contribution in [2.75, 3.05) is 13.2 Å². The number of hydrogen-bond donors (Lipinski definition) is 1. The molecule has 2 aliphatic heterocycles. The zero-order chi connectivity index (χ0) is 18.6. The molecule has 1 saturated carbocycles. The summed E-state index contributed by atoms with van der Waals surface area (Å²) < 4.78 is 5.76. The topological polar surface area (TPSA) is 66.8 Å². The minimum atomic E-state index is -0.873. The molecule has 2 aromatic rings. The Morgan fingerprint density at radius 3 is 2.74 bits per heavy atom. The molecule has 1 spiro atoms. The van der Waals surface area contributed by atoms with Gasteiger partial charge in [0.05, 0.1) is 12.5 Å². The molecular formula is C22H21NO4. The molecule has 3 atom stereocenters. The summed E-state index contributed by atoms with van der Waals surface area (Å²) in [5.74, 6) is -0.654. The number of carbonyl (C=O) groups excluding carboxylic acids is 1. The van der Waals surface area contributed by atoms with Gasteiger partial charge < -0.3 is 14.7 Å². The Kier molecular flexibility index (Phi) is 3.54. The molecule has 1 amide bonds. The van der Waals surface area contributed by atoms with Crippen molar-refractivity contribution in [3.8, 4) is 5.75 Å². The average Bonchev–Trinajstić information content (AvgIpc) is 3.41. The maximum absolute atomic E-state index is 13.3. The molecule has 2 heterocycles. The number of fused-ring (bicyclic) bond motifs is 3. The fourth-order valence-corrected chi connectivity index (χ4v) is 4.89. The first-order valence-electron chi connectivity index (χ1n) is 9.42. The van der Waals surface area contributed by atoms with Crippen molar-refractivity contribution in [2.45, 2.75) is 30.7 Å². The molecule has 5 rings (SSSR count). The summed E-state index contributed by atoms with van der Waals surface area (Å²) in [7, 11) is 0. The van der Waals surface area contributed by atoms with E-state index in [1.165, 1.54) is 0 Å². The Hall–Kier alpha value is -2.82. The molecule has 1 fully saturated rings. The second-order valence-electron chi connectivity index (χ2n) is 7.82. The average molecular weight is 363 g/mol. The highest BCUT2D eigenvalue weighted by atomic mass is 16.5. The summed E-state index contributed by atoms with van der Waals surface area (Å²) in [4.78, 5) is 26.8. The number of ether oxygens (including phenoxy) is 1. The molecule has 1 N–H and O–H groups in total. The molecule has 5 heteroatoms. The van der Waals surface area contributed by atoms with Crippen molar-refractivity contribution < 1.29 is 19.4 Å². The maximum atomic E-state index is 13.3. The first-order valence-corrected chi connectivity index (χ1v) is 9.42. The second-order valence-corrected chi connectivity index (χ2v) is 7.82. The molecule has 1 unspecified atom stereocenters. The zero-order valence-electron chi connectivity index (χ0n) is 14.9. The predicted molar refractivity (Wildman–Crippen MR) is 98.6 cm³/mol. The van der Waals surface area contributed by atoms with Crippen LogP contribution >= 0.6 is 0 Å². The smallest absolute Gasteiger partial charge is 0.312 e. The number of carboxylic acid groups (broad SMARTS) is 1. The molecule has 3 aliphatic rings. The number of rotatable bonds is 2. The number of para-hydroxylation sites is 1. The molecule has 0 aromatic heterocycles. The van der Waals surface area contributed by atoms with Crippen LogP contribution in [0.15, 0.2) is 48.5 Å². The van der Waals surface area contributed by atoms with Crippen molar-refractivity contribution in [3.05, 3.63) is 65.2 Å². The monoisotopic (exact) mass is 363 g/mol. The quantitative estimate of drug-likeness (QED) is 0.891. The van der Waals surface area contributed by atoms with Crippen LogP contribution in [0.5, 0.6) is 5.75 Å². The molecular weight excluding hydrogens is 342 g/mol. The van der Waals surface area contributed by atoms with E-state index in [0.717, 1.165) is 35.3 Å². The molecule has 0 radical (unpaired) electrons. The standard InChI is InChI=1S/C22H21NO4/c24-20(18-11-22(18)9-10-27-19-8-4-3-7-17(19)22)23-12-14-5-1-2-6-15(14)16(13-23)21(25)26/h1-8,16,18H,9-13H2,(H,25,26)/t16?,18-,22-/m0/s1. The van der Waals surface area contributed by atoms with Crippen molar-refractivity contribution in [2.24, 2.45) is 5.92 Å². The number of nitrogens with zero attached hydrogens (tertiary/aromatic N) is 1. The van der Waals surface area contributed by atoms with E-state index in [9.17, 15) is 14.7 Å². The van der Waals surface area contributed by atoms with Gasteiger partial charge >= 0.3 is 5.97 Å². The molecule has 27 heavy (non-hydrogen) atoms. The van der Waals surface area contributed by atoms with Crippen LogP contribution < -0.4 is 4.74 Å². The third-order valence-electron chi connectivity index (χ3n) is 6.41. The second kappa shape index (κ2) is 5.84. The highest BCUT2D eigenvalue weighted by molar-refractivity contribution is 5.87. The van der Waals surface area contributed by atoms with Gasteiger partial charge in [-0.1, -0.05) is 42.5 Å². The Balaban J connectivity index is 1.43. The Morgan fingerprint density at radius 2 is 1.89 bits per heavy atom. The number of carboxylic acids is 1. The van der Waals surface area contributed by atoms with E-state index in [4.69, 9.17) is 4.74 Å². The molecule has 2 aromatic carbocycles. The highest BCUT2D eigenvalue weighted by Gasteiger charge is 2.62. The SMILES string of the molecule is O=C(O)C1CN(C(=O)[C@@H]2C[C@]23CCOc2ccccc23)Cc2ccccc21. The van der Waals surface area contributed by atoms with E-state index in [1.54, 1.807) is 4.90 Å². The Labute approximate surface area is 157 Å². The number of aliphatic carboxylic acids is 1. The maximum Gasteiger partial charge on any atom is 0.312 e. The van der Waals surface area contributed by atoms with Crippen LogP contribution in [0.2, 0.25) is 0 Å². The van der Waals surface area contributed by atoms with Gasteiger partial charge in [-0.3, -0.25) is 9.59 Å². The minimum Gasteiger partial charge on any atom is -0.493 e. The zero-order valence-corrected chi connectivity index (χ0v) is 14.9. The Morgan fingerprint density at radius 1 is 1.11 bits per heavy atom. The van der Waals surface area contributed by atoms with E-state index in [-0.39, 0.29) is 23.8 Å². The van der Waals surface area contributed by atoms with Gasteiger partial charge in [-0.15, -0.1) is 0 Å². The summed E-state index contributed by atoms with van der Waals surface area (Å²) in [6.45, 7) is 1.36. The van der Waals surface area contributed by atoms with Gasteiger partial charge in [-0.05, 0) is 30.0 Å². The van der Waals surface area contributed by atoms with Gasteiger partial charge in [0.1, 0.15) is 5.75 Å². The highest BCUT2D eigenvalue weighted by Crippen LogP contribution is 2.61. The first-order chi connectivity index (χ1) is 13.1. The fourth-order valence-electron chi connectivity index (χ4n) is 4.89. The van der Waals surface area contributed by atoms with Crippen LogP contribution in [0.25, 0.3) is 0 Å². The van der Waals surface area contributed by atoms with E-state index < -0.39 is 11.9 Å². The van der Waals surface area contributed by atoms with Crippen molar-refractivity contribution in [3.63, 3.8) is 0 Å². The van der Waals surface area contributed by atoms with E-state index >= 15 is 0 Å². The van der Waals surface area contributed by atoms with Gasteiger partial charge in [-0.25, -0.2) is 0 Å². The Bertz CT molecular complexity index is 939. The number of hydrogen-bond acceptors (Lipinski definition) is 3. The van der Waals surface area contributed by atoms with Crippen molar-refractivity contribution in [1.29, 1.82) is 0 Å². The van der Waals surface area contributed by atoms with Crippen molar-refractivity contribution >= 4 is 11.9 Å². The molecule has 138 valence electrons. The number of carbonyl (C=O) groups is 2.